The maximum Gasteiger partial charge on any atom is 0.254 e. The van der Waals surface area contributed by atoms with Crippen LogP contribution in [0.5, 0.6) is 0 Å². The van der Waals surface area contributed by atoms with Crippen molar-refractivity contribution >= 4 is 23.5 Å². The van der Waals surface area contributed by atoms with Gasteiger partial charge in [0.1, 0.15) is 0 Å². The first-order valence-electron chi connectivity index (χ1n) is 8.82. The summed E-state index contributed by atoms with van der Waals surface area (Å²) in [5, 5.41) is 6.86. The van der Waals surface area contributed by atoms with Gasteiger partial charge in [0, 0.05) is 30.0 Å². The quantitative estimate of drug-likeness (QED) is 0.786. The fraction of sp³-hybridized carbons (Fsp3) is 0.421. The minimum absolute atomic E-state index is 0.207. The van der Waals surface area contributed by atoms with Crippen molar-refractivity contribution in [3.63, 3.8) is 0 Å². The smallest absolute Gasteiger partial charge is 0.254 e. The SMILES string of the molecule is O=C(NCc1ccccc1Cl)c1cnc(NC2CCCCCC2)nc1. The van der Waals surface area contributed by atoms with Crippen LogP contribution in [0.4, 0.5) is 5.95 Å². The van der Waals surface area contributed by atoms with Gasteiger partial charge >= 0.3 is 0 Å². The second-order valence-electron chi connectivity index (χ2n) is 6.40. The van der Waals surface area contributed by atoms with E-state index in [1.807, 2.05) is 18.2 Å². The molecule has 0 radical (unpaired) electrons. The third kappa shape index (κ3) is 5.16. The van der Waals surface area contributed by atoms with Crippen molar-refractivity contribution in [1.82, 2.24) is 15.3 Å². The average molecular weight is 359 g/mol. The van der Waals surface area contributed by atoms with E-state index in [1.54, 1.807) is 18.5 Å². The van der Waals surface area contributed by atoms with Crippen LogP contribution in [0.25, 0.3) is 0 Å². The molecular weight excluding hydrogens is 336 g/mol. The van der Waals surface area contributed by atoms with Crippen molar-refractivity contribution in [2.24, 2.45) is 0 Å². The van der Waals surface area contributed by atoms with Gasteiger partial charge in [-0.2, -0.15) is 0 Å². The zero-order chi connectivity index (χ0) is 17.5. The molecular formula is C19H23ClN4O. The molecule has 0 bridgehead atoms. The number of halogens is 1. The number of carbonyl (C=O) groups excluding carboxylic acids is 1. The molecule has 5 nitrogen and oxygen atoms in total. The molecule has 2 aromatic rings. The number of anilines is 1. The number of nitrogens with one attached hydrogen (secondary N) is 2. The fourth-order valence-corrected chi connectivity index (χ4v) is 3.25. The van der Waals surface area contributed by atoms with Crippen molar-refractivity contribution in [3.8, 4) is 0 Å². The summed E-state index contributed by atoms with van der Waals surface area (Å²) in [6.45, 7) is 0.376. The first-order valence-corrected chi connectivity index (χ1v) is 9.20. The number of rotatable bonds is 5. The average Bonchev–Trinajstić information content (AvgIpc) is 2.90. The molecule has 1 heterocycles. The topological polar surface area (TPSA) is 66.9 Å². The Hall–Kier alpha value is -2.14. The van der Waals surface area contributed by atoms with Gasteiger partial charge in [0.05, 0.1) is 5.56 Å². The number of aromatic nitrogens is 2. The van der Waals surface area contributed by atoms with Gasteiger partial charge < -0.3 is 10.6 Å². The molecule has 1 aromatic carbocycles. The van der Waals surface area contributed by atoms with Gasteiger partial charge in [-0.3, -0.25) is 4.79 Å². The highest BCUT2D eigenvalue weighted by atomic mass is 35.5. The molecule has 1 aliphatic rings. The molecule has 6 heteroatoms. The van der Waals surface area contributed by atoms with E-state index in [0.29, 0.717) is 29.1 Å². The molecule has 1 amide bonds. The van der Waals surface area contributed by atoms with Gasteiger partial charge in [-0.1, -0.05) is 55.5 Å². The van der Waals surface area contributed by atoms with Crippen LogP contribution >= 0.6 is 11.6 Å². The van der Waals surface area contributed by atoms with E-state index in [4.69, 9.17) is 11.6 Å². The zero-order valence-corrected chi connectivity index (χ0v) is 14.9. The number of carbonyl (C=O) groups is 1. The molecule has 2 N–H and O–H groups in total. The molecule has 0 atom stereocenters. The summed E-state index contributed by atoms with van der Waals surface area (Å²) in [4.78, 5) is 20.8. The minimum atomic E-state index is -0.207. The maximum absolute atomic E-state index is 12.2. The van der Waals surface area contributed by atoms with Gasteiger partial charge in [0.2, 0.25) is 5.95 Å². The highest BCUT2D eigenvalue weighted by molar-refractivity contribution is 6.31. The largest absolute Gasteiger partial charge is 0.351 e. The van der Waals surface area contributed by atoms with Crippen LogP contribution < -0.4 is 10.6 Å². The Kier molecular flexibility index (Phi) is 6.23. The molecule has 3 rings (SSSR count). The zero-order valence-electron chi connectivity index (χ0n) is 14.2. The van der Waals surface area contributed by atoms with Crippen molar-refractivity contribution in [1.29, 1.82) is 0 Å². The van der Waals surface area contributed by atoms with Crippen molar-refractivity contribution in [3.05, 3.63) is 52.8 Å². The van der Waals surface area contributed by atoms with E-state index in [-0.39, 0.29) is 5.91 Å². The Morgan fingerprint density at radius 2 is 1.76 bits per heavy atom. The molecule has 1 fully saturated rings. The standard InChI is InChI=1S/C19H23ClN4O/c20-17-10-6-5-7-14(17)11-21-18(25)15-12-22-19(23-13-15)24-16-8-3-1-2-4-9-16/h5-7,10,12-13,16H,1-4,8-9,11H2,(H,21,25)(H,22,23,24). The van der Waals surface area contributed by atoms with Crippen LogP contribution in [0, 0.1) is 0 Å². The van der Waals surface area contributed by atoms with Gasteiger partial charge in [0.15, 0.2) is 0 Å². The summed E-state index contributed by atoms with van der Waals surface area (Å²) < 4.78 is 0. The van der Waals surface area contributed by atoms with E-state index in [2.05, 4.69) is 20.6 Å². The van der Waals surface area contributed by atoms with Crippen LogP contribution in [0.3, 0.4) is 0 Å². The number of benzene rings is 1. The molecule has 0 spiro atoms. The summed E-state index contributed by atoms with van der Waals surface area (Å²) in [6.07, 6.45) is 10.6. The van der Waals surface area contributed by atoms with Crippen LogP contribution in [-0.2, 0) is 6.54 Å². The van der Waals surface area contributed by atoms with E-state index in [1.165, 1.54) is 25.7 Å². The Morgan fingerprint density at radius 3 is 2.44 bits per heavy atom. The number of amides is 1. The Morgan fingerprint density at radius 1 is 1.08 bits per heavy atom. The number of hydrogen-bond acceptors (Lipinski definition) is 4. The minimum Gasteiger partial charge on any atom is -0.351 e. The first kappa shape index (κ1) is 17.7. The van der Waals surface area contributed by atoms with Gasteiger partial charge in [-0.05, 0) is 24.5 Å². The molecule has 0 unspecified atom stereocenters. The molecule has 132 valence electrons. The van der Waals surface area contributed by atoms with Gasteiger partial charge in [-0.15, -0.1) is 0 Å². The van der Waals surface area contributed by atoms with Crippen molar-refractivity contribution < 1.29 is 4.79 Å². The van der Waals surface area contributed by atoms with E-state index >= 15 is 0 Å². The molecule has 25 heavy (non-hydrogen) atoms. The van der Waals surface area contributed by atoms with Crippen LogP contribution in [0.1, 0.15) is 54.4 Å². The third-order valence-electron chi connectivity index (χ3n) is 4.50. The molecule has 1 aliphatic carbocycles. The number of nitrogens with zero attached hydrogens (tertiary/aromatic N) is 2. The lowest BCUT2D eigenvalue weighted by atomic mass is 10.1. The fourth-order valence-electron chi connectivity index (χ4n) is 3.05. The Bertz CT molecular complexity index is 697. The monoisotopic (exact) mass is 358 g/mol. The summed E-state index contributed by atoms with van der Waals surface area (Å²) >= 11 is 6.09. The van der Waals surface area contributed by atoms with Gasteiger partial charge in [0.25, 0.3) is 5.91 Å². The third-order valence-corrected chi connectivity index (χ3v) is 4.87. The van der Waals surface area contributed by atoms with E-state index < -0.39 is 0 Å². The molecule has 1 saturated carbocycles. The van der Waals surface area contributed by atoms with Crippen molar-refractivity contribution in [2.45, 2.75) is 51.1 Å². The first-order chi connectivity index (χ1) is 12.2. The normalized spacial score (nSPS) is 15.4. The summed E-state index contributed by atoms with van der Waals surface area (Å²) in [5.41, 5.74) is 1.32. The highest BCUT2D eigenvalue weighted by Gasteiger charge is 2.14. The Balaban J connectivity index is 1.54. The molecule has 1 aromatic heterocycles. The summed E-state index contributed by atoms with van der Waals surface area (Å²) in [7, 11) is 0. The Labute approximate surface area is 153 Å². The lowest BCUT2D eigenvalue weighted by Gasteiger charge is -2.15. The van der Waals surface area contributed by atoms with E-state index in [9.17, 15) is 4.79 Å². The second-order valence-corrected chi connectivity index (χ2v) is 6.81. The number of hydrogen-bond donors (Lipinski definition) is 2. The lowest BCUT2D eigenvalue weighted by Crippen LogP contribution is -2.24. The highest BCUT2D eigenvalue weighted by Crippen LogP contribution is 2.19. The van der Waals surface area contributed by atoms with Crippen LogP contribution in [0.2, 0.25) is 5.02 Å². The van der Waals surface area contributed by atoms with E-state index in [0.717, 1.165) is 18.4 Å². The summed E-state index contributed by atoms with van der Waals surface area (Å²) in [5.74, 6) is 0.385. The molecule has 0 saturated heterocycles. The van der Waals surface area contributed by atoms with Crippen LogP contribution in [0.15, 0.2) is 36.7 Å². The van der Waals surface area contributed by atoms with Gasteiger partial charge in [-0.25, -0.2) is 9.97 Å². The second kappa shape index (κ2) is 8.81. The van der Waals surface area contributed by atoms with Crippen molar-refractivity contribution in [2.75, 3.05) is 5.32 Å². The maximum atomic E-state index is 12.2. The summed E-state index contributed by atoms with van der Waals surface area (Å²) in [6, 6.07) is 7.88. The predicted molar refractivity (Wildman–Crippen MR) is 99.8 cm³/mol. The lowest BCUT2D eigenvalue weighted by molar-refractivity contribution is 0.0950. The predicted octanol–water partition coefficient (Wildman–Crippen LogP) is 4.19. The van der Waals surface area contributed by atoms with Crippen LogP contribution in [-0.4, -0.2) is 21.9 Å². The molecule has 0 aliphatic heterocycles.